The van der Waals surface area contributed by atoms with Crippen molar-refractivity contribution in [3.63, 3.8) is 0 Å². The Bertz CT molecular complexity index is 522. The monoisotopic (exact) mass is 257 g/mol. The van der Waals surface area contributed by atoms with Crippen LogP contribution in [0.5, 0.6) is 5.75 Å². The van der Waals surface area contributed by atoms with Crippen LogP contribution in [-0.2, 0) is 21.2 Å². The van der Waals surface area contributed by atoms with E-state index in [1.54, 1.807) is 6.07 Å². The summed E-state index contributed by atoms with van der Waals surface area (Å²) in [6.45, 7) is 1.49. The van der Waals surface area contributed by atoms with Gasteiger partial charge in [0.25, 0.3) is 0 Å². The average Bonchev–Trinajstić information content (AvgIpc) is 2.24. The summed E-state index contributed by atoms with van der Waals surface area (Å²) in [4.78, 5) is 10.8. The van der Waals surface area contributed by atoms with Gasteiger partial charge in [-0.25, -0.2) is 13.6 Å². The van der Waals surface area contributed by atoms with E-state index < -0.39 is 10.0 Å². The van der Waals surface area contributed by atoms with E-state index in [2.05, 4.69) is 0 Å². The average molecular weight is 257 g/mol. The van der Waals surface area contributed by atoms with E-state index in [-0.39, 0.29) is 16.4 Å². The molecule has 5 nitrogen and oxygen atoms in total. The van der Waals surface area contributed by atoms with Crippen LogP contribution >= 0.6 is 0 Å². The molecule has 6 heteroatoms. The molecule has 0 aliphatic heterocycles. The molecule has 0 bridgehead atoms. The summed E-state index contributed by atoms with van der Waals surface area (Å²) >= 11 is 0. The van der Waals surface area contributed by atoms with Gasteiger partial charge in [0.05, 0.1) is 7.11 Å². The number of rotatable bonds is 5. The van der Waals surface area contributed by atoms with E-state index in [1.165, 1.54) is 26.2 Å². The van der Waals surface area contributed by atoms with E-state index in [1.807, 2.05) is 0 Å². The lowest BCUT2D eigenvalue weighted by molar-refractivity contribution is -0.116. The van der Waals surface area contributed by atoms with Gasteiger partial charge in [-0.15, -0.1) is 0 Å². The zero-order chi connectivity index (χ0) is 13.1. The zero-order valence-corrected chi connectivity index (χ0v) is 10.6. The Morgan fingerprint density at radius 3 is 2.53 bits per heavy atom. The number of carbonyl (C=O) groups is 1. The first-order valence-electron chi connectivity index (χ1n) is 5.03. The van der Waals surface area contributed by atoms with Crippen LogP contribution in [-0.4, -0.2) is 21.3 Å². The van der Waals surface area contributed by atoms with Gasteiger partial charge in [-0.05, 0) is 31.0 Å². The number of primary sulfonamides is 1. The fourth-order valence-electron chi connectivity index (χ4n) is 1.42. The highest BCUT2D eigenvalue weighted by atomic mass is 32.2. The highest BCUT2D eigenvalue weighted by molar-refractivity contribution is 7.89. The molecule has 1 rings (SSSR count). The molecule has 0 fully saturated rings. The fraction of sp³-hybridized carbons (Fsp3) is 0.364. The molecule has 1 aromatic carbocycles. The summed E-state index contributed by atoms with van der Waals surface area (Å²) < 4.78 is 27.6. The molecule has 0 aromatic heterocycles. The van der Waals surface area contributed by atoms with Gasteiger partial charge in [-0.3, -0.25) is 0 Å². The van der Waals surface area contributed by atoms with Gasteiger partial charge in [0, 0.05) is 6.42 Å². The number of ether oxygens (including phenoxy) is 1. The lowest BCUT2D eigenvalue weighted by atomic mass is 10.1. The Balaban J connectivity index is 3.10. The second-order valence-corrected chi connectivity index (χ2v) is 5.26. The number of hydrogen-bond acceptors (Lipinski definition) is 4. The lowest BCUT2D eigenvalue weighted by Gasteiger charge is -2.08. The molecule has 0 amide bonds. The Kier molecular flexibility index (Phi) is 4.25. The summed E-state index contributed by atoms with van der Waals surface area (Å²) in [5.41, 5.74) is 0.741. The Morgan fingerprint density at radius 1 is 1.41 bits per heavy atom. The Labute approximate surface area is 101 Å². The van der Waals surface area contributed by atoms with E-state index in [0.29, 0.717) is 12.8 Å². The molecule has 0 heterocycles. The van der Waals surface area contributed by atoms with Gasteiger partial charge in [0.1, 0.15) is 16.4 Å². The van der Waals surface area contributed by atoms with Crippen LogP contribution in [0.2, 0.25) is 0 Å². The molecule has 0 aliphatic carbocycles. The van der Waals surface area contributed by atoms with Crippen LogP contribution in [0.15, 0.2) is 23.1 Å². The van der Waals surface area contributed by atoms with Crippen LogP contribution in [0.25, 0.3) is 0 Å². The van der Waals surface area contributed by atoms with Crippen LogP contribution in [0.3, 0.4) is 0 Å². The van der Waals surface area contributed by atoms with Crippen LogP contribution in [0.1, 0.15) is 18.9 Å². The largest absolute Gasteiger partial charge is 0.495 e. The molecule has 17 heavy (non-hydrogen) atoms. The maximum Gasteiger partial charge on any atom is 0.241 e. The number of aryl methyl sites for hydroxylation is 1. The highest BCUT2D eigenvalue weighted by Crippen LogP contribution is 2.24. The van der Waals surface area contributed by atoms with Crippen molar-refractivity contribution >= 4 is 15.8 Å². The minimum Gasteiger partial charge on any atom is -0.495 e. The Hall–Kier alpha value is -1.40. The van der Waals surface area contributed by atoms with Crippen molar-refractivity contribution in [2.45, 2.75) is 24.7 Å². The first-order valence-corrected chi connectivity index (χ1v) is 6.58. The standard InChI is InChI=1S/C11H15NO4S/c1-8(13)3-4-9-5-6-10(16-2)11(7-9)17(12,14)15/h5-7H,3-4H2,1-2H3,(H2,12,14,15). The predicted molar refractivity (Wildman–Crippen MR) is 63.4 cm³/mol. The van der Waals surface area contributed by atoms with Crippen LogP contribution in [0.4, 0.5) is 0 Å². The maximum atomic E-state index is 11.3. The summed E-state index contributed by atoms with van der Waals surface area (Å²) in [7, 11) is -2.44. The molecule has 0 radical (unpaired) electrons. The molecular formula is C11H15NO4S. The van der Waals surface area contributed by atoms with Gasteiger partial charge in [0.15, 0.2) is 0 Å². The highest BCUT2D eigenvalue weighted by Gasteiger charge is 2.15. The molecule has 0 saturated heterocycles. The zero-order valence-electron chi connectivity index (χ0n) is 9.76. The number of nitrogens with two attached hydrogens (primary N) is 1. The topological polar surface area (TPSA) is 86.5 Å². The lowest BCUT2D eigenvalue weighted by Crippen LogP contribution is -2.14. The van der Waals surface area contributed by atoms with Gasteiger partial charge in [0.2, 0.25) is 10.0 Å². The molecule has 0 spiro atoms. The molecule has 1 aromatic rings. The van der Waals surface area contributed by atoms with Crippen molar-refractivity contribution in [1.29, 1.82) is 0 Å². The minimum atomic E-state index is -3.82. The first kappa shape index (κ1) is 13.7. The van der Waals surface area contributed by atoms with Crippen LogP contribution < -0.4 is 9.88 Å². The second-order valence-electron chi connectivity index (χ2n) is 3.73. The molecule has 94 valence electrons. The summed E-state index contributed by atoms with van der Waals surface area (Å²) in [5, 5.41) is 5.08. The van der Waals surface area contributed by atoms with Gasteiger partial charge >= 0.3 is 0 Å². The third-order valence-corrected chi connectivity index (χ3v) is 3.23. The fourth-order valence-corrected chi connectivity index (χ4v) is 2.17. The van der Waals surface area contributed by atoms with Crippen molar-refractivity contribution < 1.29 is 17.9 Å². The van der Waals surface area contributed by atoms with Crippen molar-refractivity contribution in [2.75, 3.05) is 7.11 Å². The number of carbonyl (C=O) groups excluding carboxylic acids is 1. The van der Waals surface area contributed by atoms with Crippen molar-refractivity contribution in [3.8, 4) is 5.75 Å². The summed E-state index contributed by atoms with van der Waals surface area (Å²) in [6.07, 6.45) is 0.859. The maximum absolute atomic E-state index is 11.3. The van der Waals surface area contributed by atoms with Gasteiger partial charge in [-0.1, -0.05) is 6.07 Å². The summed E-state index contributed by atoms with van der Waals surface area (Å²) in [6, 6.07) is 4.70. The Morgan fingerprint density at radius 2 is 2.06 bits per heavy atom. The molecule has 0 saturated carbocycles. The van der Waals surface area contributed by atoms with E-state index in [4.69, 9.17) is 9.88 Å². The van der Waals surface area contributed by atoms with E-state index in [9.17, 15) is 13.2 Å². The SMILES string of the molecule is COc1ccc(CCC(C)=O)cc1S(N)(=O)=O. The first-order chi connectivity index (χ1) is 7.84. The normalized spacial score (nSPS) is 11.2. The third-order valence-electron chi connectivity index (χ3n) is 2.30. The number of Topliss-reactive ketones (excluding diaryl/α,β-unsaturated/α-hetero) is 1. The number of methoxy groups -OCH3 is 1. The van der Waals surface area contributed by atoms with Crippen molar-refractivity contribution in [3.05, 3.63) is 23.8 Å². The molecular weight excluding hydrogens is 242 g/mol. The molecule has 2 N–H and O–H groups in total. The van der Waals surface area contributed by atoms with Gasteiger partial charge < -0.3 is 9.53 Å². The second kappa shape index (κ2) is 5.29. The molecule has 0 atom stereocenters. The van der Waals surface area contributed by atoms with E-state index in [0.717, 1.165) is 5.56 Å². The van der Waals surface area contributed by atoms with Gasteiger partial charge in [-0.2, -0.15) is 0 Å². The van der Waals surface area contributed by atoms with E-state index >= 15 is 0 Å². The number of ketones is 1. The third kappa shape index (κ3) is 3.83. The predicted octanol–water partition coefficient (Wildman–Crippen LogP) is 0.864. The number of sulfonamides is 1. The number of hydrogen-bond donors (Lipinski definition) is 1. The van der Waals surface area contributed by atoms with Crippen LogP contribution in [0, 0.1) is 0 Å². The number of benzene rings is 1. The van der Waals surface area contributed by atoms with Crippen molar-refractivity contribution in [2.24, 2.45) is 5.14 Å². The molecule has 0 unspecified atom stereocenters. The smallest absolute Gasteiger partial charge is 0.241 e. The van der Waals surface area contributed by atoms with Crippen molar-refractivity contribution in [1.82, 2.24) is 0 Å². The minimum absolute atomic E-state index is 0.0537. The molecule has 0 aliphatic rings. The quantitative estimate of drug-likeness (QED) is 0.847. The summed E-state index contributed by atoms with van der Waals surface area (Å²) in [5.74, 6) is 0.261.